The molecule has 0 unspecified atom stereocenters. The van der Waals surface area contributed by atoms with Crippen LogP contribution >= 0.6 is 0 Å². The van der Waals surface area contributed by atoms with E-state index in [2.05, 4.69) is 71.5 Å². The van der Waals surface area contributed by atoms with Crippen LogP contribution in [0.3, 0.4) is 0 Å². The lowest BCUT2D eigenvalue weighted by Crippen LogP contribution is -2.09. The summed E-state index contributed by atoms with van der Waals surface area (Å²) in [5.74, 6) is 0.736. The molecule has 0 radical (unpaired) electrons. The van der Waals surface area contributed by atoms with Gasteiger partial charge in [0, 0.05) is 18.2 Å². The first-order valence-electron chi connectivity index (χ1n) is 10.7. The Hall–Kier alpha value is -3.07. The van der Waals surface area contributed by atoms with Gasteiger partial charge >= 0.3 is 0 Å². The number of carbonyl (C=O) groups is 1. The van der Waals surface area contributed by atoms with Gasteiger partial charge in [-0.25, -0.2) is 9.98 Å². The van der Waals surface area contributed by atoms with E-state index in [4.69, 9.17) is 0 Å². The van der Waals surface area contributed by atoms with E-state index >= 15 is 0 Å². The number of aromatic nitrogens is 1. The molecular weight excluding hydrogens is 368 g/mol. The van der Waals surface area contributed by atoms with Crippen molar-refractivity contribution in [2.45, 2.75) is 52.9 Å². The third-order valence-corrected chi connectivity index (χ3v) is 5.29. The Balaban J connectivity index is 1.53. The van der Waals surface area contributed by atoms with E-state index in [0.717, 1.165) is 42.4 Å². The zero-order chi connectivity index (χ0) is 21.3. The van der Waals surface area contributed by atoms with Gasteiger partial charge in [-0.1, -0.05) is 66.6 Å². The zero-order valence-corrected chi connectivity index (χ0v) is 18.2. The standard InChI is InChI=1S/C27H30N2O/c1-20-11-10-15-24(17-20)25-18-21(2)27(28-19-25)29-22(3)26(30)16-9-5-8-14-23-12-6-4-7-13-23/h4,6-7,10-13,15,17-19H,5,8-9,14,16H2,1-3H3/b29-22+. The van der Waals surface area contributed by atoms with Crippen LogP contribution in [0, 0.1) is 13.8 Å². The normalized spacial score (nSPS) is 11.5. The van der Waals surface area contributed by atoms with Gasteiger partial charge in [-0.3, -0.25) is 4.79 Å². The molecule has 154 valence electrons. The maximum atomic E-state index is 12.5. The number of unbranched alkanes of at least 4 members (excludes halogenated alkanes) is 2. The molecule has 3 aromatic rings. The molecule has 3 nitrogen and oxygen atoms in total. The Bertz CT molecular complexity index is 1020. The predicted octanol–water partition coefficient (Wildman–Crippen LogP) is 6.83. The van der Waals surface area contributed by atoms with Crippen LogP contribution in [0.25, 0.3) is 11.1 Å². The summed E-state index contributed by atoms with van der Waals surface area (Å²) in [6, 6.07) is 20.9. The minimum Gasteiger partial charge on any atom is -0.293 e. The van der Waals surface area contributed by atoms with Gasteiger partial charge < -0.3 is 0 Å². The number of hydrogen-bond acceptors (Lipinski definition) is 3. The zero-order valence-electron chi connectivity index (χ0n) is 18.2. The molecule has 1 heterocycles. The molecule has 3 heteroatoms. The second-order valence-electron chi connectivity index (χ2n) is 7.90. The van der Waals surface area contributed by atoms with E-state index < -0.39 is 0 Å². The summed E-state index contributed by atoms with van der Waals surface area (Å²) in [4.78, 5) is 21.5. The molecule has 0 amide bonds. The molecule has 3 rings (SSSR count). The fraction of sp³-hybridized carbons (Fsp3) is 0.296. The van der Waals surface area contributed by atoms with Gasteiger partial charge in [0.1, 0.15) is 0 Å². The molecule has 1 aromatic heterocycles. The summed E-state index contributed by atoms with van der Waals surface area (Å²) in [6.07, 6.45) is 6.51. The number of carbonyl (C=O) groups excluding carboxylic acids is 1. The fourth-order valence-electron chi connectivity index (χ4n) is 3.51. The molecule has 30 heavy (non-hydrogen) atoms. The van der Waals surface area contributed by atoms with E-state index in [1.54, 1.807) is 6.92 Å². The lowest BCUT2D eigenvalue weighted by Gasteiger charge is -2.07. The van der Waals surface area contributed by atoms with Gasteiger partial charge in [0.05, 0.1) is 5.71 Å². The Morgan fingerprint density at radius 1 is 0.900 bits per heavy atom. The first-order chi connectivity index (χ1) is 14.5. The minimum atomic E-state index is 0.110. The number of ketones is 1. The molecule has 0 aliphatic rings. The molecule has 0 saturated heterocycles. The Morgan fingerprint density at radius 3 is 2.43 bits per heavy atom. The highest BCUT2D eigenvalue weighted by Gasteiger charge is 2.09. The summed E-state index contributed by atoms with van der Waals surface area (Å²) in [7, 11) is 0. The van der Waals surface area contributed by atoms with Gasteiger partial charge in [0.2, 0.25) is 0 Å². The number of Topliss-reactive ketones (excluding diaryl/α,β-unsaturated/α-hetero) is 1. The van der Waals surface area contributed by atoms with Crippen LogP contribution in [0.4, 0.5) is 5.82 Å². The summed E-state index contributed by atoms with van der Waals surface area (Å²) in [6.45, 7) is 5.87. The van der Waals surface area contributed by atoms with Crippen LogP contribution in [-0.2, 0) is 11.2 Å². The number of nitrogens with zero attached hydrogens (tertiary/aromatic N) is 2. The van der Waals surface area contributed by atoms with Crippen molar-refractivity contribution in [1.29, 1.82) is 0 Å². The van der Waals surface area contributed by atoms with E-state index in [1.165, 1.54) is 11.1 Å². The van der Waals surface area contributed by atoms with Crippen molar-refractivity contribution in [3.63, 3.8) is 0 Å². The van der Waals surface area contributed by atoms with E-state index in [0.29, 0.717) is 18.0 Å². The molecule has 0 saturated carbocycles. The van der Waals surface area contributed by atoms with Crippen molar-refractivity contribution >= 4 is 17.3 Å². The molecule has 0 fully saturated rings. The largest absolute Gasteiger partial charge is 0.293 e. The molecule has 2 aromatic carbocycles. The smallest absolute Gasteiger partial charge is 0.176 e. The Labute approximate surface area is 179 Å². The molecule has 0 atom stereocenters. The van der Waals surface area contributed by atoms with E-state index in [9.17, 15) is 4.79 Å². The monoisotopic (exact) mass is 398 g/mol. The van der Waals surface area contributed by atoms with Crippen molar-refractivity contribution in [2.24, 2.45) is 4.99 Å². The summed E-state index contributed by atoms with van der Waals surface area (Å²) in [5, 5.41) is 0. The highest BCUT2D eigenvalue weighted by atomic mass is 16.1. The lowest BCUT2D eigenvalue weighted by atomic mass is 10.0. The van der Waals surface area contributed by atoms with Crippen LogP contribution in [-0.4, -0.2) is 16.5 Å². The molecule has 0 aliphatic carbocycles. The van der Waals surface area contributed by atoms with Gasteiger partial charge in [0.25, 0.3) is 0 Å². The van der Waals surface area contributed by atoms with E-state index in [1.807, 2.05) is 19.2 Å². The topological polar surface area (TPSA) is 42.3 Å². The molecule has 0 aliphatic heterocycles. The fourth-order valence-corrected chi connectivity index (χ4v) is 3.51. The SMILES string of the molecule is C/C(=N\c1ncc(-c2cccc(C)c2)cc1C)C(=O)CCCCCc1ccccc1. The van der Waals surface area contributed by atoms with Crippen molar-refractivity contribution in [2.75, 3.05) is 0 Å². The Kier molecular flexibility index (Phi) is 7.67. The lowest BCUT2D eigenvalue weighted by molar-refractivity contribution is -0.113. The van der Waals surface area contributed by atoms with Crippen molar-refractivity contribution in [3.8, 4) is 11.1 Å². The average molecular weight is 399 g/mol. The van der Waals surface area contributed by atoms with Crippen molar-refractivity contribution in [1.82, 2.24) is 4.98 Å². The second-order valence-corrected chi connectivity index (χ2v) is 7.90. The van der Waals surface area contributed by atoms with Gasteiger partial charge in [-0.05, 0) is 62.8 Å². The number of aryl methyl sites for hydroxylation is 3. The van der Waals surface area contributed by atoms with Crippen LogP contribution in [0.5, 0.6) is 0 Å². The number of hydrogen-bond donors (Lipinski definition) is 0. The summed E-state index contributed by atoms with van der Waals surface area (Å²) in [5.41, 5.74) is 6.30. The van der Waals surface area contributed by atoms with Crippen molar-refractivity contribution in [3.05, 3.63) is 83.6 Å². The second kappa shape index (κ2) is 10.6. The highest BCUT2D eigenvalue weighted by Crippen LogP contribution is 2.25. The van der Waals surface area contributed by atoms with Gasteiger partial charge in [0.15, 0.2) is 11.6 Å². The summed E-state index contributed by atoms with van der Waals surface area (Å²) < 4.78 is 0. The maximum absolute atomic E-state index is 12.5. The third kappa shape index (κ3) is 6.21. The minimum absolute atomic E-state index is 0.110. The Morgan fingerprint density at radius 2 is 1.70 bits per heavy atom. The number of aliphatic imine (C=N–C) groups is 1. The van der Waals surface area contributed by atoms with Crippen LogP contribution in [0.1, 0.15) is 49.3 Å². The summed E-state index contributed by atoms with van der Waals surface area (Å²) >= 11 is 0. The first-order valence-corrected chi connectivity index (χ1v) is 10.7. The van der Waals surface area contributed by atoms with Crippen molar-refractivity contribution < 1.29 is 4.79 Å². The van der Waals surface area contributed by atoms with Gasteiger partial charge in [-0.2, -0.15) is 0 Å². The van der Waals surface area contributed by atoms with Crippen LogP contribution in [0.2, 0.25) is 0 Å². The van der Waals surface area contributed by atoms with Crippen LogP contribution < -0.4 is 0 Å². The quantitative estimate of drug-likeness (QED) is 0.293. The third-order valence-electron chi connectivity index (χ3n) is 5.29. The van der Waals surface area contributed by atoms with E-state index in [-0.39, 0.29) is 5.78 Å². The van der Waals surface area contributed by atoms with Gasteiger partial charge in [-0.15, -0.1) is 0 Å². The molecule has 0 spiro atoms. The number of rotatable bonds is 9. The average Bonchev–Trinajstić information content (AvgIpc) is 2.75. The first kappa shape index (κ1) is 21.6. The predicted molar refractivity (Wildman–Crippen MR) is 126 cm³/mol. The molecule has 0 N–H and O–H groups in total. The van der Waals surface area contributed by atoms with Crippen LogP contribution in [0.15, 0.2) is 71.9 Å². The number of pyridine rings is 1. The maximum Gasteiger partial charge on any atom is 0.176 e. The molecular formula is C27H30N2O. The number of benzene rings is 2. The highest BCUT2D eigenvalue weighted by molar-refractivity contribution is 6.39. The molecule has 0 bridgehead atoms.